The maximum Gasteiger partial charge on any atom is 0.353 e. The number of carboxylic acid groups (broad SMARTS) is 1. The number of benzene rings is 1. The third-order valence-electron chi connectivity index (χ3n) is 1.95. The van der Waals surface area contributed by atoms with Gasteiger partial charge >= 0.3 is 5.97 Å². The highest BCUT2D eigenvalue weighted by molar-refractivity contribution is 5.86. The van der Waals surface area contributed by atoms with Crippen molar-refractivity contribution in [2.75, 3.05) is 0 Å². The number of nitrogens with one attached hydrogen (secondary N) is 1. The van der Waals surface area contributed by atoms with Gasteiger partial charge in [-0.05, 0) is 18.2 Å². The summed E-state index contributed by atoms with van der Waals surface area (Å²) in [5.74, 6) is -0.943. The van der Waals surface area contributed by atoms with Gasteiger partial charge in [-0.25, -0.2) is 4.79 Å². The lowest BCUT2D eigenvalue weighted by atomic mass is 10.1. The average molecular weight is 241 g/mol. The highest BCUT2D eigenvalue weighted by atomic mass is 35.5. The van der Waals surface area contributed by atoms with Crippen molar-refractivity contribution >= 4 is 18.4 Å². The summed E-state index contributed by atoms with van der Waals surface area (Å²) in [5.41, 5.74) is 1.18. The van der Waals surface area contributed by atoms with E-state index in [4.69, 9.17) is 5.11 Å². The van der Waals surface area contributed by atoms with Gasteiger partial charge in [0, 0.05) is 5.56 Å². The fraction of sp³-hybridized carbons (Fsp3) is 0. The first-order chi connectivity index (χ1) is 7.16. The Morgan fingerprint density at radius 1 is 1.31 bits per heavy atom. The third-order valence-corrected chi connectivity index (χ3v) is 1.95. The first-order valence-corrected chi connectivity index (χ1v) is 4.25. The smallest absolute Gasteiger partial charge is 0.353 e. The van der Waals surface area contributed by atoms with Crippen LogP contribution in [0.1, 0.15) is 10.5 Å². The fourth-order valence-electron chi connectivity index (χ4n) is 1.24. The first kappa shape index (κ1) is 12.1. The largest absolute Gasteiger partial charge is 0.508 e. The zero-order valence-corrected chi connectivity index (χ0v) is 8.86. The number of aromatic nitrogens is 2. The molecule has 0 atom stereocenters. The van der Waals surface area contributed by atoms with Crippen LogP contribution in [0.4, 0.5) is 0 Å². The van der Waals surface area contributed by atoms with E-state index in [1.807, 2.05) is 0 Å². The number of nitrogens with zero attached hydrogens (tertiary/aromatic N) is 1. The van der Waals surface area contributed by atoms with E-state index >= 15 is 0 Å². The van der Waals surface area contributed by atoms with Crippen LogP contribution in [-0.2, 0) is 0 Å². The number of carbonyl (C=O) groups is 1. The molecule has 0 amide bonds. The second-order valence-electron chi connectivity index (χ2n) is 3.02. The lowest BCUT2D eigenvalue weighted by molar-refractivity contribution is 0.0690. The molecule has 2 rings (SSSR count). The molecule has 6 heteroatoms. The second-order valence-corrected chi connectivity index (χ2v) is 3.02. The van der Waals surface area contributed by atoms with Crippen LogP contribution in [0.5, 0.6) is 5.75 Å². The maximum atomic E-state index is 10.6. The molecule has 0 radical (unpaired) electrons. The van der Waals surface area contributed by atoms with Crippen LogP contribution in [0.3, 0.4) is 0 Å². The number of aromatic amines is 1. The predicted molar refractivity (Wildman–Crippen MR) is 59.9 cm³/mol. The quantitative estimate of drug-likeness (QED) is 0.748. The lowest BCUT2D eigenvalue weighted by Gasteiger charge is -1.95. The molecule has 0 saturated carbocycles. The van der Waals surface area contributed by atoms with E-state index < -0.39 is 5.97 Å². The summed E-state index contributed by atoms with van der Waals surface area (Å²) in [6.07, 6.45) is 0. The van der Waals surface area contributed by atoms with Crippen molar-refractivity contribution in [2.45, 2.75) is 0 Å². The Morgan fingerprint density at radius 3 is 2.62 bits per heavy atom. The molecule has 3 N–H and O–H groups in total. The van der Waals surface area contributed by atoms with Crippen molar-refractivity contribution in [1.82, 2.24) is 10.2 Å². The molecule has 16 heavy (non-hydrogen) atoms. The van der Waals surface area contributed by atoms with Crippen molar-refractivity contribution in [3.63, 3.8) is 0 Å². The Labute approximate surface area is 97.2 Å². The van der Waals surface area contributed by atoms with Crippen LogP contribution < -0.4 is 0 Å². The monoisotopic (exact) mass is 240 g/mol. The van der Waals surface area contributed by atoms with Gasteiger partial charge in [0.2, 0.25) is 0 Å². The standard InChI is InChI=1S/C10H8N2O3.ClH/c13-7-3-1-2-6(4-7)8-5-9(10(14)15)12-11-8;/h1-5,13H,(H,11,12)(H,14,15);1H. The highest BCUT2D eigenvalue weighted by Gasteiger charge is 2.09. The van der Waals surface area contributed by atoms with Crippen molar-refractivity contribution in [2.24, 2.45) is 0 Å². The Bertz CT molecular complexity index is 510. The maximum absolute atomic E-state index is 10.6. The van der Waals surface area contributed by atoms with Gasteiger partial charge in [-0.15, -0.1) is 12.4 Å². The number of phenolic OH excluding ortho intramolecular Hbond substituents is 1. The zero-order chi connectivity index (χ0) is 10.8. The van der Waals surface area contributed by atoms with Crippen LogP contribution >= 0.6 is 12.4 Å². The van der Waals surface area contributed by atoms with Gasteiger partial charge in [0.25, 0.3) is 0 Å². The second kappa shape index (κ2) is 4.67. The first-order valence-electron chi connectivity index (χ1n) is 4.25. The van der Waals surface area contributed by atoms with Gasteiger partial charge in [0.05, 0.1) is 5.69 Å². The minimum Gasteiger partial charge on any atom is -0.508 e. The molecule has 0 saturated heterocycles. The summed E-state index contributed by atoms with van der Waals surface area (Å²) in [6, 6.07) is 7.87. The van der Waals surface area contributed by atoms with Gasteiger partial charge in [0.1, 0.15) is 11.4 Å². The molecule has 0 aliphatic heterocycles. The van der Waals surface area contributed by atoms with Gasteiger partial charge in [-0.3, -0.25) is 5.10 Å². The molecule has 2 aromatic rings. The summed E-state index contributed by atoms with van der Waals surface area (Å²) >= 11 is 0. The molecular weight excluding hydrogens is 232 g/mol. The number of rotatable bonds is 2. The number of hydrogen-bond acceptors (Lipinski definition) is 3. The molecule has 84 valence electrons. The van der Waals surface area contributed by atoms with E-state index in [0.717, 1.165) is 0 Å². The Balaban J connectivity index is 0.00000128. The number of halogens is 1. The van der Waals surface area contributed by atoms with Crippen LogP contribution in [0.2, 0.25) is 0 Å². The molecule has 1 aromatic carbocycles. The number of aromatic hydroxyl groups is 1. The van der Waals surface area contributed by atoms with Crippen molar-refractivity contribution < 1.29 is 15.0 Å². The van der Waals surface area contributed by atoms with E-state index in [9.17, 15) is 9.90 Å². The van der Waals surface area contributed by atoms with E-state index in [-0.39, 0.29) is 23.9 Å². The van der Waals surface area contributed by atoms with Crippen LogP contribution in [0, 0.1) is 0 Å². The zero-order valence-electron chi connectivity index (χ0n) is 8.04. The number of carboxylic acids is 1. The molecule has 0 aliphatic rings. The molecule has 0 spiro atoms. The number of hydrogen-bond donors (Lipinski definition) is 3. The summed E-state index contributed by atoms with van der Waals surface area (Å²) in [5, 5.41) is 24.1. The van der Waals surface area contributed by atoms with Crippen LogP contribution in [0.15, 0.2) is 30.3 Å². The number of phenols is 1. The van der Waals surface area contributed by atoms with Gasteiger partial charge in [-0.1, -0.05) is 12.1 Å². The van der Waals surface area contributed by atoms with Gasteiger partial charge in [0.15, 0.2) is 0 Å². The van der Waals surface area contributed by atoms with Gasteiger partial charge < -0.3 is 10.2 Å². The lowest BCUT2D eigenvalue weighted by Crippen LogP contribution is -1.95. The molecular formula is C10H9ClN2O3. The summed E-state index contributed by atoms with van der Waals surface area (Å²) in [6.45, 7) is 0. The minimum atomic E-state index is -1.06. The van der Waals surface area contributed by atoms with Crippen molar-refractivity contribution in [1.29, 1.82) is 0 Å². The van der Waals surface area contributed by atoms with Crippen molar-refractivity contribution in [3.05, 3.63) is 36.0 Å². The molecule has 0 aliphatic carbocycles. The molecule has 0 fully saturated rings. The van der Waals surface area contributed by atoms with E-state index in [2.05, 4.69) is 10.2 Å². The highest BCUT2D eigenvalue weighted by Crippen LogP contribution is 2.21. The van der Waals surface area contributed by atoms with E-state index in [1.165, 1.54) is 18.2 Å². The van der Waals surface area contributed by atoms with Gasteiger partial charge in [-0.2, -0.15) is 5.10 Å². The summed E-state index contributed by atoms with van der Waals surface area (Å²) < 4.78 is 0. The number of aromatic carboxylic acids is 1. The molecule has 1 heterocycles. The van der Waals surface area contributed by atoms with Crippen LogP contribution in [0.25, 0.3) is 11.3 Å². The fourth-order valence-corrected chi connectivity index (χ4v) is 1.24. The van der Waals surface area contributed by atoms with Crippen molar-refractivity contribution in [3.8, 4) is 17.0 Å². The number of H-pyrrole nitrogens is 1. The molecule has 5 nitrogen and oxygen atoms in total. The summed E-state index contributed by atoms with van der Waals surface area (Å²) in [7, 11) is 0. The molecule has 0 unspecified atom stereocenters. The average Bonchev–Trinajstić information content (AvgIpc) is 2.66. The predicted octanol–water partition coefficient (Wildman–Crippen LogP) is 1.90. The third kappa shape index (κ3) is 2.32. The SMILES string of the molecule is Cl.O=C(O)c1cc(-c2cccc(O)c2)n[nH]1. The Morgan fingerprint density at radius 2 is 2.06 bits per heavy atom. The molecule has 0 bridgehead atoms. The normalized spacial score (nSPS) is 9.50. The van der Waals surface area contributed by atoms with Crippen LogP contribution in [-0.4, -0.2) is 26.4 Å². The molecule has 1 aromatic heterocycles. The Hall–Kier alpha value is -2.01. The topological polar surface area (TPSA) is 86.2 Å². The van der Waals surface area contributed by atoms with E-state index in [0.29, 0.717) is 11.3 Å². The summed E-state index contributed by atoms with van der Waals surface area (Å²) in [4.78, 5) is 10.6. The van der Waals surface area contributed by atoms with E-state index in [1.54, 1.807) is 12.1 Å². The Kier molecular flexibility index (Phi) is 3.52. The minimum absolute atomic E-state index is 0.